The van der Waals surface area contributed by atoms with Crippen LogP contribution in [0.4, 0.5) is 0 Å². The number of aldehydes is 1. The predicted molar refractivity (Wildman–Crippen MR) is 114 cm³/mol. The second-order valence-electron chi connectivity index (χ2n) is 8.13. The van der Waals surface area contributed by atoms with Crippen LogP contribution in [-0.2, 0) is 16.0 Å². The Morgan fingerprint density at radius 3 is 2.45 bits per heavy atom. The maximum absolute atomic E-state index is 11.9. The number of ether oxygens (including phenoxy) is 1. The van der Waals surface area contributed by atoms with Gasteiger partial charge >= 0.3 is 0 Å². The van der Waals surface area contributed by atoms with Crippen molar-refractivity contribution in [3.05, 3.63) is 45.0 Å². The van der Waals surface area contributed by atoms with Gasteiger partial charge in [0, 0.05) is 12.0 Å². The molecule has 2 rings (SSSR count). The van der Waals surface area contributed by atoms with Crippen molar-refractivity contribution in [1.82, 2.24) is 0 Å². The predicted octanol–water partition coefficient (Wildman–Crippen LogP) is 5.22. The average Bonchev–Trinajstić information content (AvgIpc) is 2.93. The molecule has 0 saturated carbocycles. The van der Waals surface area contributed by atoms with Gasteiger partial charge in [-0.2, -0.15) is 0 Å². The number of phenolic OH excluding ortho intramolecular Hbond substituents is 2. The fraction of sp³-hybridized carbons (Fsp3) is 0.478. The number of aromatic hydroxyl groups is 2. The van der Waals surface area contributed by atoms with Crippen molar-refractivity contribution in [3.8, 4) is 11.5 Å². The molecular formula is C23H29ClO5. The SMILES string of the molecule is C/C(=C\Cc1c(O)c(Cl)c(C)c(C=O)c1O)CC/C=C(\C)[C@@H]1CC(=O)C(C)(C)O1. The molecule has 1 atom stereocenters. The third-order valence-electron chi connectivity index (χ3n) is 5.53. The van der Waals surface area contributed by atoms with E-state index in [1.807, 2.05) is 19.9 Å². The summed E-state index contributed by atoms with van der Waals surface area (Å²) in [4.78, 5) is 23.1. The van der Waals surface area contributed by atoms with E-state index in [2.05, 4.69) is 6.08 Å². The Morgan fingerprint density at radius 2 is 1.90 bits per heavy atom. The van der Waals surface area contributed by atoms with E-state index in [-0.39, 0.29) is 46.0 Å². The molecule has 0 bridgehead atoms. The molecule has 29 heavy (non-hydrogen) atoms. The number of hydrogen-bond acceptors (Lipinski definition) is 5. The Bertz CT molecular complexity index is 880. The van der Waals surface area contributed by atoms with Gasteiger partial charge < -0.3 is 14.9 Å². The molecule has 158 valence electrons. The molecule has 6 heteroatoms. The lowest BCUT2D eigenvalue weighted by Crippen LogP contribution is -2.27. The summed E-state index contributed by atoms with van der Waals surface area (Å²) in [6, 6.07) is 0. The van der Waals surface area contributed by atoms with Gasteiger partial charge in [0.25, 0.3) is 0 Å². The number of phenols is 2. The van der Waals surface area contributed by atoms with E-state index in [4.69, 9.17) is 16.3 Å². The molecule has 0 spiro atoms. The normalized spacial score (nSPS) is 19.7. The molecule has 2 N–H and O–H groups in total. The Morgan fingerprint density at radius 1 is 1.24 bits per heavy atom. The summed E-state index contributed by atoms with van der Waals surface area (Å²) in [5.41, 5.74) is 2.11. The lowest BCUT2D eigenvalue weighted by Gasteiger charge is -2.18. The van der Waals surface area contributed by atoms with Crippen molar-refractivity contribution in [3.63, 3.8) is 0 Å². The number of Topliss-reactive ketones (excluding diaryl/α,β-unsaturated/α-hetero) is 1. The molecule has 1 saturated heterocycles. The topological polar surface area (TPSA) is 83.8 Å². The van der Waals surface area contributed by atoms with Gasteiger partial charge in [0.2, 0.25) is 0 Å². The van der Waals surface area contributed by atoms with E-state index in [1.54, 1.807) is 20.8 Å². The smallest absolute Gasteiger partial charge is 0.167 e. The van der Waals surface area contributed by atoms with Crippen LogP contribution in [-0.4, -0.2) is 34.0 Å². The summed E-state index contributed by atoms with van der Waals surface area (Å²) in [5.74, 6) is -0.306. The van der Waals surface area contributed by atoms with E-state index in [0.717, 1.165) is 24.0 Å². The van der Waals surface area contributed by atoms with Crippen molar-refractivity contribution in [1.29, 1.82) is 0 Å². The monoisotopic (exact) mass is 420 g/mol. The molecule has 0 radical (unpaired) electrons. The minimum Gasteiger partial charge on any atom is -0.507 e. The van der Waals surface area contributed by atoms with Crippen LogP contribution in [0.25, 0.3) is 0 Å². The molecule has 0 unspecified atom stereocenters. The highest BCUT2D eigenvalue weighted by Gasteiger charge is 2.40. The maximum atomic E-state index is 11.9. The molecule has 1 aromatic rings. The van der Waals surface area contributed by atoms with Gasteiger partial charge in [0.1, 0.15) is 17.1 Å². The minimum atomic E-state index is -0.713. The summed E-state index contributed by atoms with van der Waals surface area (Å²) in [5, 5.41) is 20.6. The first-order chi connectivity index (χ1) is 13.5. The lowest BCUT2D eigenvalue weighted by molar-refractivity contribution is -0.129. The zero-order valence-electron chi connectivity index (χ0n) is 17.6. The van der Waals surface area contributed by atoms with Gasteiger partial charge in [0.05, 0.1) is 16.7 Å². The zero-order valence-corrected chi connectivity index (χ0v) is 18.4. The van der Waals surface area contributed by atoms with Crippen LogP contribution in [0.2, 0.25) is 5.02 Å². The highest BCUT2D eigenvalue weighted by atomic mass is 35.5. The van der Waals surface area contributed by atoms with E-state index in [0.29, 0.717) is 18.3 Å². The summed E-state index contributed by atoms with van der Waals surface area (Å²) in [7, 11) is 0. The number of halogens is 1. The molecule has 0 aliphatic carbocycles. The van der Waals surface area contributed by atoms with Gasteiger partial charge in [-0.25, -0.2) is 0 Å². The number of hydrogen-bond donors (Lipinski definition) is 2. The van der Waals surface area contributed by atoms with Crippen LogP contribution < -0.4 is 0 Å². The van der Waals surface area contributed by atoms with E-state index < -0.39 is 5.60 Å². The van der Waals surface area contributed by atoms with E-state index in [9.17, 15) is 19.8 Å². The summed E-state index contributed by atoms with van der Waals surface area (Å²) >= 11 is 6.08. The fourth-order valence-corrected chi connectivity index (χ4v) is 3.60. The highest BCUT2D eigenvalue weighted by Crippen LogP contribution is 2.40. The average molecular weight is 421 g/mol. The van der Waals surface area contributed by atoms with Crippen LogP contribution >= 0.6 is 11.6 Å². The summed E-state index contributed by atoms with van der Waals surface area (Å²) in [6.07, 6.45) is 6.61. The van der Waals surface area contributed by atoms with Gasteiger partial charge in [-0.1, -0.05) is 29.3 Å². The molecule has 5 nitrogen and oxygen atoms in total. The molecule has 1 heterocycles. The number of rotatable bonds is 7. The number of carbonyl (C=O) groups is 2. The highest BCUT2D eigenvalue weighted by molar-refractivity contribution is 6.33. The molecular weight excluding hydrogens is 392 g/mol. The third-order valence-corrected chi connectivity index (χ3v) is 5.99. The molecule has 0 amide bonds. The maximum Gasteiger partial charge on any atom is 0.167 e. The van der Waals surface area contributed by atoms with Crippen LogP contribution in [0.15, 0.2) is 23.3 Å². The first-order valence-electron chi connectivity index (χ1n) is 9.71. The lowest BCUT2D eigenvalue weighted by atomic mass is 9.98. The van der Waals surface area contributed by atoms with E-state index in [1.165, 1.54) is 0 Å². The second kappa shape index (κ2) is 9.14. The molecule has 1 aromatic carbocycles. The van der Waals surface area contributed by atoms with Crippen molar-refractivity contribution in [2.75, 3.05) is 0 Å². The summed E-state index contributed by atoms with van der Waals surface area (Å²) in [6.45, 7) is 9.12. The number of ketones is 1. The molecule has 1 aliphatic heterocycles. The Hall–Kier alpha value is -2.11. The standard InChI is InChI=1S/C23H29ClO5/c1-13(7-6-8-14(2)18-11-19(26)23(4,5)29-18)9-10-16-21(27)17(12-25)15(3)20(24)22(16)28/h8-9,12,18,27-28H,6-7,10-11H2,1-5H3/b13-9+,14-8+/t18-/m0/s1. The van der Waals surface area contributed by atoms with Crippen LogP contribution in [0.5, 0.6) is 11.5 Å². The molecule has 0 aromatic heterocycles. The fourth-order valence-electron chi connectivity index (χ4n) is 3.39. The molecule has 1 fully saturated rings. The first-order valence-corrected chi connectivity index (χ1v) is 10.1. The van der Waals surface area contributed by atoms with Crippen LogP contribution in [0.1, 0.15) is 68.4 Å². The van der Waals surface area contributed by atoms with Crippen molar-refractivity contribution in [2.24, 2.45) is 0 Å². The molecule has 1 aliphatic rings. The number of benzene rings is 1. The van der Waals surface area contributed by atoms with Gasteiger partial charge in [-0.05, 0) is 65.0 Å². The second-order valence-corrected chi connectivity index (χ2v) is 8.51. The minimum absolute atomic E-state index is 0.0820. The van der Waals surface area contributed by atoms with Gasteiger partial charge in [-0.3, -0.25) is 9.59 Å². The largest absolute Gasteiger partial charge is 0.507 e. The Kier molecular flexibility index (Phi) is 7.30. The van der Waals surface area contributed by atoms with Gasteiger partial charge in [0.15, 0.2) is 12.1 Å². The third kappa shape index (κ3) is 5.09. The van der Waals surface area contributed by atoms with Crippen molar-refractivity contribution in [2.45, 2.75) is 72.0 Å². The zero-order chi connectivity index (χ0) is 21.9. The van der Waals surface area contributed by atoms with Crippen LogP contribution in [0, 0.1) is 6.92 Å². The Labute approximate surface area is 177 Å². The first kappa shape index (κ1) is 23.2. The van der Waals surface area contributed by atoms with Crippen molar-refractivity contribution >= 4 is 23.7 Å². The Balaban J connectivity index is 2.02. The van der Waals surface area contributed by atoms with Crippen molar-refractivity contribution < 1.29 is 24.5 Å². The van der Waals surface area contributed by atoms with Gasteiger partial charge in [-0.15, -0.1) is 0 Å². The van der Waals surface area contributed by atoms with E-state index >= 15 is 0 Å². The number of carbonyl (C=O) groups excluding carboxylic acids is 2. The summed E-state index contributed by atoms with van der Waals surface area (Å²) < 4.78 is 5.83. The van der Waals surface area contributed by atoms with Crippen LogP contribution in [0.3, 0.4) is 0 Å². The quantitative estimate of drug-likeness (QED) is 0.466. The number of allylic oxidation sites excluding steroid dienone is 3.